The van der Waals surface area contributed by atoms with E-state index in [-0.39, 0.29) is 29.5 Å². The van der Waals surface area contributed by atoms with Crippen molar-refractivity contribution in [3.8, 4) is 5.75 Å². The number of ketones is 1. The lowest BCUT2D eigenvalue weighted by molar-refractivity contribution is -0.914. The van der Waals surface area contributed by atoms with Crippen LogP contribution in [0.15, 0.2) is 72.9 Å². The molecule has 1 atom stereocenters. The lowest BCUT2D eigenvalue weighted by atomic mass is 10.1. The molecule has 0 bridgehead atoms. The number of pyridine rings is 1. The molecule has 0 saturated carbocycles. The molecule has 0 aliphatic carbocycles. The number of likely N-dealkylation sites (tertiary alicyclic amines) is 2. The highest BCUT2D eigenvalue weighted by Gasteiger charge is 2.51. The van der Waals surface area contributed by atoms with Crippen LogP contribution in [-0.2, 0) is 14.4 Å². The number of nitrogens with zero attached hydrogens (tertiary/aromatic N) is 3. The van der Waals surface area contributed by atoms with Crippen LogP contribution in [0.1, 0.15) is 42.5 Å². The molecule has 0 unspecified atom stereocenters. The zero-order valence-electron chi connectivity index (χ0n) is 27.8. The zero-order chi connectivity index (χ0) is 34.6. The number of ether oxygens (including phenoxy) is 1. The fourth-order valence-corrected chi connectivity index (χ4v) is 6.83. The molecule has 0 spiro atoms. The van der Waals surface area contributed by atoms with Crippen molar-refractivity contribution >= 4 is 50.9 Å². The Labute approximate surface area is 306 Å². The third-order valence-electron chi connectivity index (χ3n) is 9.49. The molecule has 2 aliphatic rings. The van der Waals surface area contributed by atoms with Crippen molar-refractivity contribution in [1.29, 1.82) is 0 Å². The number of Topliss-reactive ketones (excluding diaryl/α,β-unsaturated/α-hetero) is 1. The van der Waals surface area contributed by atoms with Gasteiger partial charge in [0.1, 0.15) is 11.8 Å². The van der Waals surface area contributed by atoms with Crippen molar-refractivity contribution in [1.82, 2.24) is 15.2 Å². The molecule has 2 fully saturated rings. The maximum absolute atomic E-state index is 14.5. The number of hydrogen-bond acceptors (Lipinski definition) is 6. The average molecular weight is 800 g/mol. The summed E-state index contributed by atoms with van der Waals surface area (Å²) in [5, 5.41) is 7.20. The fourth-order valence-electron chi connectivity index (χ4n) is 6.83. The largest absolute Gasteiger partial charge is 1.00 e. The fraction of sp³-hybridized carbons (Fsp3) is 0.378. The summed E-state index contributed by atoms with van der Waals surface area (Å²) in [4.78, 5) is 57.4. The minimum absolute atomic E-state index is 0. The third-order valence-corrected chi connectivity index (χ3v) is 9.49. The topological polar surface area (TPSA) is 118 Å². The summed E-state index contributed by atoms with van der Waals surface area (Å²) in [5.41, 5.74) is 1.09. The van der Waals surface area contributed by atoms with Gasteiger partial charge in [-0.05, 0) is 66.4 Å². The normalized spacial score (nSPS) is 17.9. The number of anilines is 1. The van der Waals surface area contributed by atoms with Gasteiger partial charge in [-0.25, -0.2) is 8.78 Å². The molecule has 264 valence electrons. The van der Waals surface area contributed by atoms with E-state index in [9.17, 15) is 28.0 Å². The summed E-state index contributed by atoms with van der Waals surface area (Å²) < 4.78 is 36.2. The number of halogens is 3. The van der Waals surface area contributed by atoms with Crippen LogP contribution in [0, 0.1) is 0 Å². The number of rotatable bonds is 11. The molecule has 6 rings (SSSR count). The Bertz CT molecular complexity index is 1900. The minimum atomic E-state index is -3.38. The van der Waals surface area contributed by atoms with Gasteiger partial charge in [0.25, 0.3) is 17.7 Å². The molecule has 1 aromatic heterocycles. The van der Waals surface area contributed by atoms with Crippen molar-refractivity contribution in [3.63, 3.8) is 0 Å². The summed E-state index contributed by atoms with van der Waals surface area (Å²) in [7, 11) is 2.29. The lowest BCUT2D eigenvalue weighted by Gasteiger charge is -2.37. The highest BCUT2D eigenvalue weighted by atomic mass is 127. The first-order valence-corrected chi connectivity index (χ1v) is 16.6. The summed E-state index contributed by atoms with van der Waals surface area (Å²) in [6.07, 6.45) is 5.15. The van der Waals surface area contributed by atoms with Gasteiger partial charge in [-0.3, -0.25) is 24.2 Å². The molecular formula is C37H40F2IN5O5. The van der Waals surface area contributed by atoms with Crippen LogP contribution >= 0.6 is 0 Å². The van der Waals surface area contributed by atoms with E-state index in [1.54, 1.807) is 36.4 Å². The lowest BCUT2D eigenvalue weighted by Crippen LogP contribution is -3.00. The molecule has 2 aliphatic heterocycles. The van der Waals surface area contributed by atoms with Gasteiger partial charge < -0.3 is 48.7 Å². The standard InChI is InChI=1S/C37H39F2N5O5.HI/c1-44(16-5-2-6-17-44)18-7-19-49-28-12-13-31-30(21-28)29(14-15-40-31)35(47)41-23-33(45)43-24-37(38,39)22-32(43)34(46)36(48)42-27-11-10-25-8-3-4-9-26(25)20-27;/h3-4,8-15,20-21,32H,2,5-7,16-19,22-24H2,1H3,(H-,41,42,47,48);1H/t32-;/m0./s1. The molecule has 10 nitrogen and oxygen atoms in total. The first-order chi connectivity index (χ1) is 23.5. The van der Waals surface area contributed by atoms with Crippen molar-refractivity contribution < 1.29 is 61.2 Å². The Balaban J connectivity index is 0.00000486. The Kier molecular flexibility index (Phi) is 11.7. The predicted molar refractivity (Wildman–Crippen MR) is 181 cm³/mol. The maximum Gasteiger partial charge on any atom is 0.293 e. The molecule has 0 radical (unpaired) electrons. The van der Waals surface area contributed by atoms with Crippen molar-refractivity contribution in [2.24, 2.45) is 0 Å². The van der Waals surface area contributed by atoms with Gasteiger partial charge in [0.2, 0.25) is 11.7 Å². The Hall–Kier alpha value is -4.24. The van der Waals surface area contributed by atoms with E-state index >= 15 is 0 Å². The van der Waals surface area contributed by atoms with Gasteiger partial charge >= 0.3 is 0 Å². The smallest absolute Gasteiger partial charge is 0.293 e. The Morgan fingerprint density at radius 3 is 2.52 bits per heavy atom. The van der Waals surface area contributed by atoms with E-state index in [4.69, 9.17) is 4.74 Å². The first-order valence-electron chi connectivity index (χ1n) is 16.6. The predicted octanol–water partition coefficient (Wildman–Crippen LogP) is 1.97. The first kappa shape index (κ1) is 37.0. The Morgan fingerprint density at radius 2 is 1.74 bits per heavy atom. The van der Waals surface area contributed by atoms with Gasteiger partial charge in [0.15, 0.2) is 0 Å². The van der Waals surface area contributed by atoms with E-state index in [1.165, 1.54) is 44.6 Å². The summed E-state index contributed by atoms with van der Waals surface area (Å²) >= 11 is 0. The van der Waals surface area contributed by atoms with Crippen LogP contribution in [0.25, 0.3) is 21.7 Å². The number of piperidine rings is 1. The van der Waals surface area contributed by atoms with Crippen LogP contribution in [0.5, 0.6) is 5.75 Å². The molecule has 13 heteroatoms. The third kappa shape index (κ3) is 8.73. The number of carbonyl (C=O) groups excluding carboxylic acids is 4. The molecule has 3 amide bonds. The van der Waals surface area contributed by atoms with E-state index in [1.807, 2.05) is 24.3 Å². The van der Waals surface area contributed by atoms with E-state index in [2.05, 4.69) is 22.7 Å². The van der Waals surface area contributed by atoms with Crippen LogP contribution in [0.4, 0.5) is 14.5 Å². The second kappa shape index (κ2) is 15.8. The van der Waals surface area contributed by atoms with E-state index in [0.717, 1.165) is 28.2 Å². The number of carbonyl (C=O) groups is 4. The number of nitrogens with one attached hydrogen (secondary N) is 2. The Morgan fingerprint density at radius 1 is 0.980 bits per heavy atom. The van der Waals surface area contributed by atoms with Crippen LogP contribution < -0.4 is 39.3 Å². The van der Waals surface area contributed by atoms with Gasteiger partial charge in [0.05, 0.1) is 57.5 Å². The number of benzene rings is 3. The van der Waals surface area contributed by atoms with Crippen LogP contribution in [0.2, 0.25) is 0 Å². The number of alkyl halides is 2. The monoisotopic (exact) mass is 799 g/mol. The van der Waals surface area contributed by atoms with Gasteiger partial charge in [-0.1, -0.05) is 30.3 Å². The number of fused-ring (bicyclic) bond motifs is 2. The van der Waals surface area contributed by atoms with Crippen molar-refractivity contribution in [3.05, 3.63) is 78.5 Å². The summed E-state index contributed by atoms with van der Waals surface area (Å²) in [5.74, 6) is -6.60. The molecule has 3 heterocycles. The van der Waals surface area contributed by atoms with Gasteiger partial charge in [-0.15, -0.1) is 0 Å². The molecular weight excluding hydrogens is 759 g/mol. The molecule has 2 N–H and O–H groups in total. The number of amides is 3. The second-order valence-corrected chi connectivity index (χ2v) is 13.3. The van der Waals surface area contributed by atoms with Gasteiger partial charge in [-0.2, -0.15) is 0 Å². The second-order valence-electron chi connectivity index (χ2n) is 13.3. The molecule has 50 heavy (non-hydrogen) atoms. The number of quaternary nitrogens is 1. The van der Waals surface area contributed by atoms with Crippen molar-refractivity contribution in [2.45, 2.75) is 44.1 Å². The highest BCUT2D eigenvalue weighted by molar-refractivity contribution is 6.42. The van der Waals surface area contributed by atoms with Gasteiger partial charge in [0, 0.05) is 30.1 Å². The minimum Gasteiger partial charge on any atom is -1.00 e. The number of aromatic nitrogens is 1. The highest BCUT2D eigenvalue weighted by Crippen LogP contribution is 2.33. The summed E-state index contributed by atoms with van der Waals surface area (Å²) in [6, 6.07) is 17.5. The van der Waals surface area contributed by atoms with Crippen LogP contribution in [0.3, 0.4) is 0 Å². The average Bonchev–Trinajstić information content (AvgIpc) is 3.43. The number of hydrogen-bond donors (Lipinski definition) is 2. The molecule has 2 saturated heterocycles. The summed E-state index contributed by atoms with van der Waals surface area (Å²) in [6.45, 7) is 2.22. The SMILES string of the molecule is C[N+]1(CCCOc2ccc3nccc(C(=O)NCC(=O)N4CC(F)(F)C[C@H]4C(=O)C(=O)Nc4ccc5ccccc5c4)c3c2)CCCCC1.[I-]. The van der Waals surface area contributed by atoms with Crippen LogP contribution in [-0.4, -0.2) is 96.2 Å². The van der Waals surface area contributed by atoms with E-state index in [0.29, 0.717) is 33.8 Å². The quantitative estimate of drug-likeness (QED) is 0.104. The molecule has 4 aromatic rings. The molecule has 3 aromatic carbocycles. The van der Waals surface area contributed by atoms with Crippen molar-refractivity contribution in [2.75, 3.05) is 51.7 Å². The maximum atomic E-state index is 14.5. The zero-order valence-corrected chi connectivity index (χ0v) is 30.0. The van der Waals surface area contributed by atoms with E-state index < -0.39 is 55.0 Å².